The van der Waals surface area contributed by atoms with Crippen LogP contribution in [0, 0.1) is 27.7 Å². The number of hydrogen-bond donors (Lipinski definition) is 0. The van der Waals surface area contributed by atoms with Crippen LogP contribution in [-0.4, -0.2) is 49.0 Å². The smallest absolute Gasteiger partial charge is 0.163 e. The monoisotopic (exact) mass is 928 g/mol. The lowest BCUT2D eigenvalue weighted by molar-refractivity contribution is 0.928. The van der Waals surface area contributed by atoms with E-state index in [1.807, 2.05) is 64.1 Å². The zero-order chi connectivity index (χ0) is 48.5. The number of aryl methyl sites for hydroxylation is 4. The molecule has 0 amide bonds. The predicted molar refractivity (Wildman–Crippen MR) is 289 cm³/mol. The fourth-order valence-electron chi connectivity index (χ4n) is 10.3. The second-order valence-corrected chi connectivity index (χ2v) is 18.2. The van der Waals surface area contributed by atoms with E-state index >= 15 is 0 Å². The zero-order valence-electron chi connectivity index (χ0n) is 39.9. The van der Waals surface area contributed by atoms with E-state index in [1.165, 1.54) is 10.8 Å². The Bertz CT molecular complexity index is 4010. The Morgan fingerprint density at radius 3 is 1.24 bits per heavy atom. The Morgan fingerprint density at radius 2 is 0.708 bits per heavy atom. The summed E-state index contributed by atoms with van der Waals surface area (Å²) in [7, 11) is 0. The fraction of sp³-hybridized carbons (Fsp3) is 0.0645. The van der Waals surface area contributed by atoms with E-state index in [0.717, 1.165) is 94.5 Å². The molecule has 0 aliphatic heterocycles. The number of fused-ring (bicyclic) bond motifs is 6. The normalized spacial score (nSPS) is 11.6. The molecular weight excluding hydrogens is 885 g/mol. The molecule has 0 fully saturated rings. The molecule has 0 radical (unpaired) electrons. The van der Waals surface area contributed by atoms with E-state index in [0.29, 0.717) is 40.8 Å². The lowest BCUT2D eigenvalue weighted by Gasteiger charge is -2.18. The van der Waals surface area contributed by atoms with Crippen LogP contribution in [-0.2, 0) is 0 Å². The highest BCUT2D eigenvalue weighted by atomic mass is 15.0. The Morgan fingerprint density at radius 1 is 0.278 bits per heavy atom. The van der Waals surface area contributed by atoms with Gasteiger partial charge in [-0.3, -0.25) is 0 Å². The van der Waals surface area contributed by atoms with Crippen molar-refractivity contribution in [1.29, 1.82) is 0 Å². The second kappa shape index (κ2) is 17.1. The van der Waals surface area contributed by atoms with E-state index in [2.05, 4.69) is 177 Å². The highest BCUT2D eigenvalue weighted by Crippen LogP contribution is 2.42. The first-order valence-electron chi connectivity index (χ1n) is 24.0. The standard InChI is InChI=1S/C62H44N10/c1-37-63-38(2)66-60(65-37)45-27-30-58-51(34-45)52-35-46(61-67-39(3)64-40(4)68-61)28-31-59(52)72(58)57-29-26-44(62-69-53(41-16-7-5-8-17-41)36-54(70-62)42-18-9-6-10-19-42)33-50(57)43-20-15-21-47(32-43)71-55-24-13-11-22-48(55)49-23-12-14-25-56(49)71/h5-36H,1-4H3. The van der Waals surface area contributed by atoms with E-state index in [9.17, 15) is 0 Å². The third-order valence-electron chi connectivity index (χ3n) is 13.4. The number of para-hydroxylation sites is 2. The summed E-state index contributed by atoms with van der Waals surface area (Å²) in [6.07, 6.45) is 0. The molecule has 0 saturated heterocycles. The van der Waals surface area contributed by atoms with E-state index < -0.39 is 0 Å². The molecule has 72 heavy (non-hydrogen) atoms. The van der Waals surface area contributed by atoms with Gasteiger partial charge in [0, 0.05) is 60.6 Å². The van der Waals surface area contributed by atoms with Crippen LogP contribution in [0.2, 0.25) is 0 Å². The average molecular weight is 929 g/mol. The third kappa shape index (κ3) is 7.44. The lowest BCUT2D eigenvalue weighted by Crippen LogP contribution is -2.01. The third-order valence-corrected chi connectivity index (χ3v) is 13.4. The number of aromatic nitrogens is 10. The second-order valence-electron chi connectivity index (χ2n) is 18.2. The van der Waals surface area contributed by atoms with Crippen molar-refractivity contribution in [3.8, 4) is 79.2 Å². The summed E-state index contributed by atoms with van der Waals surface area (Å²) in [5.74, 6) is 4.57. The summed E-state index contributed by atoms with van der Waals surface area (Å²) >= 11 is 0. The summed E-state index contributed by atoms with van der Waals surface area (Å²) in [5, 5.41) is 4.48. The van der Waals surface area contributed by atoms with Gasteiger partial charge in [0.25, 0.3) is 0 Å². The Labute approximate surface area is 415 Å². The molecular formula is C62H44N10. The molecule has 0 aliphatic carbocycles. The molecule has 0 aliphatic rings. The summed E-state index contributed by atoms with van der Waals surface area (Å²) in [5.41, 5.74) is 14.8. The largest absolute Gasteiger partial charge is 0.309 e. The van der Waals surface area contributed by atoms with Gasteiger partial charge in [0.05, 0.1) is 39.1 Å². The molecule has 5 aromatic heterocycles. The van der Waals surface area contributed by atoms with Gasteiger partial charge >= 0.3 is 0 Å². The molecule has 0 spiro atoms. The fourth-order valence-corrected chi connectivity index (χ4v) is 10.3. The molecule has 0 atom stereocenters. The van der Waals surface area contributed by atoms with Crippen molar-refractivity contribution in [2.45, 2.75) is 27.7 Å². The van der Waals surface area contributed by atoms with Gasteiger partial charge in [-0.05, 0) is 118 Å². The first-order chi connectivity index (χ1) is 35.3. The van der Waals surface area contributed by atoms with Crippen LogP contribution in [0.25, 0.3) is 123 Å². The van der Waals surface area contributed by atoms with Crippen LogP contribution in [0.3, 0.4) is 0 Å². The minimum atomic E-state index is 0.627. The van der Waals surface area contributed by atoms with Crippen molar-refractivity contribution in [1.82, 2.24) is 49.0 Å². The van der Waals surface area contributed by atoms with Gasteiger partial charge in [0.1, 0.15) is 23.3 Å². The van der Waals surface area contributed by atoms with Crippen molar-refractivity contribution in [3.63, 3.8) is 0 Å². The zero-order valence-corrected chi connectivity index (χ0v) is 39.9. The first kappa shape index (κ1) is 42.6. The molecule has 342 valence electrons. The lowest BCUT2D eigenvalue weighted by atomic mass is 9.99. The summed E-state index contributed by atoms with van der Waals surface area (Å²) in [6.45, 7) is 7.61. The number of hydrogen-bond acceptors (Lipinski definition) is 8. The molecule has 5 heterocycles. The highest BCUT2D eigenvalue weighted by molar-refractivity contribution is 6.12. The molecule has 0 N–H and O–H groups in total. The summed E-state index contributed by atoms with van der Waals surface area (Å²) < 4.78 is 4.74. The van der Waals surface area contributed by atoms with Crippen molar-refractivity contribution < 1.29 is 0 Å². The van der Waals surface area contributed by atoms with Crippen molar-refractivity contribution in [2.75, 3.05) is 0 Å². The van der Waals surface area contributed by atoms with Crippen LogP contribution in [0.4, 0.5) is 0 Å². The van der Waals surface area contributed by atoms with Gasteiger partial charge in [0.15, 0.2) is 17.5 Å². The topological polar surface area (TPSA) is 113 Å². The van der Waals surface area contributed by atoms with Crippen LogP contribution in [0.1, 0.15) is 23.3 Å². The Kier molecular flexibility index (Phi) is 10.1. The molecule has 10 heteroatoms. The van der Waals surface area contributed by atoms with Crippen LogP contribution >= 0.6 is 0 Å². The maximum absolute atomic E-state index is 5.30. The van der Waals surface area contributed by atoms with Gasteiger partial charge in [-0.15, -0.1) is 0 Å². The predicted octanol–water partition coefficient (Wildman–Crippen LogP) is 14.3. The quantitative estimate of drug-likeness (QED) is 0.148. The molecule has 0 saturated carbocycles. The van der Waals surface area contributed by atoms with Gasteiger partial charge in [-0.25, -0.2) is 39.9 Å². The molecule has 0 bridgehead atoms. The van der Waals surface area contributed by atoms with Gasteiger partial charge in [-0.1, -0.05) is 109 Å². The molecule has 13 rings (SSSR count). The van der Waals surface area contributed by atoms with Gasteiger partial charge in [0.2, 0.25) is 0 Å². The Balaban J connectivity index is 1.08. The average Bonchev–Trinajstić information content (AvgIpc) is 3.93. The number of rotatable bonds is 8. The summed E-state index contributed by atoms with van der Waals surface area (Å²) in [4.78, 5) is 38.7. The highest BCUT2D eigenvalue weighted by Gasteiger charge is 2.22. The van der Waals surface area contributed by atoms with Crippen molar-refractivity contribution >= 4 is 43.6 Å². The molecule has 0 unspecified atom stereocenters. The van der Waals surface area contributed by atoms with Crippen LogP contribution < -0.4 is 0 Å². The van der Waals surface area contributed by atoms with E-state index in [1.54, 1.807) is 0 Å². The van der Waals surface area contributed by atoms with Crippen LogP contribution in [0.15, 0.2) is 194 Å². The Hall–Kier alpha value is -9.54. The molecule has 13 aromatic rings. The van der Waals surface area contributed by atoms with Crippen LogP contribution in [0.5, 0.6) is 0 Å². The van der Waals surface area contributed by atoms with Gasteiger partial charge in [-0.2, -0.15) is 0 Å². The maximum Gasteiger partial charge on any atom is 0.163 e. The minimum absolute atomic E-state index is 0.627. The van der Waals surface area contributed by atoms with E-state index in [-0.39, 0.29) is 0 Å². The molecule has 8 aromatic carbocycles. The number of nitrogens with zero attached hydrogens (tertiary/aromatic N) is 10. The molecule has 10 nitrogen and oxygen atoms in total. The van der Waals surface area contributed by atoms with E-state index in [4.69, 9.17) is 29.9 Å². The SMILES string of the molecule is Cc1nc(C)nc(-c2ccc3c(c2)c2cc(-c4nc(C)nc(C)n4)ccc2n3-c2ccc(-c3nc(-c4ccccc4)cc(-c4ccccc4)n3)cc2-c2cccc(-n3c4ccccc4c4ccccc43)c2)n1. The van der Waals surface area contributed by atoms with Crippen molar-refractivity contribution in [3.05, 3.63) is 217 Å². The first-order valence-corrected chi connectivity index (χ1v) is 24.0. The number of benzene rings is 8. The van der Waals surface area contributed by atoms with Gasteiger partial charge < -0.3 is 9.13 Å². The maximum atomic E-state index is 5.30. The minimum Gasteiger partial charge on any atom is -0.309 e. The van der Waals surface area contributed by atoms with Crippen molar-refractivity contribution in [2.24, 2.45) is 0 Å². The summed E-state index contributed by atoms with van der Waals surface area (Å²) in [6, 6.07) is 68.5.